The molecule has 0 bridgehead atoms. The molecule has 2 amide bonds. The molecule has 0 aliphatic heterocycles. The molecule has 0 spiro atoms. The van der Waals surface area contributed by atoms with E-state index in [-0.39, 0.29) is 6.03 Å². The number of hydrogen-bond donors (Lipinski definition) is 3. The predicted octanol–water partition coefficient (Wildman–Crippen LogP) is 0.979. The van der Waals surface area contributed by atoms with Crippen LogP contribution in [-0.2, 0) is 6.54 Å². The Morgan fingerprint density at radius 2 is 2.21 bits per heavy atom. The number of aliphatic hydroxyl groups excluding tert-OH is 1. The minimum absolute atomic E-state index is 0.233. The van der Waals surface area contributed by atoms with Crippen LogP contribution in [0, 0.1) is 5.92 Å². The molecular formula is C13H24N4O2. The maximum atomic E-state index is 11.4. The van der Waals surface area contributed by atoms with Crippen molar-refractivity contribution >= 4 is 6.03 Å². The molecule has 6 nitrogen and oxygen atoms in total. The fraction of sp³-hybridized carbons (Fsp3) is 0.692. The Labute approximate surface area is 114 Å². The van der Waals surface area contributed by atoms with Gasteiger partial charge in [0.1, 0.15) is 0 Å². The molecule has 0 aliphatic carbocycles. The lowest BCUT2D eigenvalue weighted by atomic mass is 10.1. The highest BCUT2D eigenvalue weighted by molar-refractivity contribution is 5.73. The zero-order valence-corrected chi connectivity index (χ0v) is 11.7. The molecule has 0 aliphatic rings. The Morgan fingerprint density at radius 1 is 1.42 bits per heavy atom. The van der Waals surface area contributed by atoms with Gasteiger partial charge in [0, 0.05) is 32.0 Å². The summed E-state index contributed by atoms with van der Waals surface area (Å²) < 4.78 is 1.83. The Morgan fingerprint density at radius 3 is 2.84 bits per heavy atom. The summed E-state index contributed by atoms with van der Waals surface area (Å²) in [5.74, 6) is 0.425. The largest absolute Gasteiger partial charge is 0.391 e. The second-order valence-electron chi connectivity index (χ2n) is 5.04. The van der Waals surface area contributed by atoms with E-state index in [1.807, 2.05) is 30.8 Å². The molecule has 1 aromatic heterocycles. The second kappa shape index (κ2) is 8.53. The summed E-state index contributed by atoms with van der Waals surface area (Å²) in [5, 5.41) is 19.1. The van der Waals surface area contributed by atoms with E-state index in [4.69, 9.17) is 0 Å². The van der Waals surface area contributed by atoms with Crippen LogP contribution in [0.25, 0.3) is 0 Å². The van der Waals surface area contributed by atoms with E-state index in [0.29, 0.717) is 25.4 Å². The van der Waals surface area contributed by atoms with Gasteiger partial charge in [0.05, 0.1) is 6.10 Å². The summed E-state index contributed by atoms with van der Waals surface area (Å²) in [6, 6.07) is 1.64. The number of hydrogen-bond acceptors (Lipinski definition) is 3. The van der Waals surface area contributed by atoms with Crippen molar-refractivity contribution in [3.8, 4) is 0 Å². The van der Waals surface area contributed by atoms with E-state index >= 15 is 0 Å². The van der Waals surface area contributed by atoms with Gasteiger partial charge in [-0.05, 0) is 24.8 Å². The highest BCUT2D eigenvalue weighted by atomic mass is 16.3. The number of amides is 2. The van der Waals surface area contributed by atoms with Crippen LogP contribution < -0.4 is 10.6 Å². The number of aliphatic hydroxyl groups is 1. The first-order valence-electron chi connectivity index (χ1n) is 6.75. The van der Waals surface area contributed by atoms with Gasteiger partial charge in [-0.3, -0.25) is 4.68 Å². The number of aromatic nitrogens is 2. The van der Waals surface area contributed by atoms with Crippen molar-refractivity contribution in [2.24, 2.45) is 5.92 Å². The van der Waals surface area contributed by atoms with Crippen molar-refractivity contribution in [2.45, 2.75) is 39.3 Å². The summed E-state index contributed by atoms with van der Waals surface area (Å²) in [7, 11) is 0. The van der Waals surface area contributed by atoms with Gasteiger partial charge >= 0.3 is 6.03 Å². The molecule has 1 heterocycles. The minimum atomic E-state index is -0.477. The lowest BCUT2D eigenvalue weighted by Gasteiger charge is -2.14. The molecule has 108 valence electrons. The lowest BCUT2D eigenvalue weighted by Crippen LogP contribution is -2.40. The van der Waals surface area contributed by atoms with Gasteiger partial charge in [0.2, 0.25) is 0 Å². The molecule has 1 aromatic rings. The zero-order chi connectivity index (χ0) is 14.1. The quantitative estimate of drug-likeness (QED) is 0.615. The van der Waals surface area contributed by atoms with Gasteiger partial charge in [-0.2, -0.15) is 5.10 Å². The van der Waals surface area contributed by atoms with Crippen molar-refractivity contribution in [2.75, 3.05) is 13.1 Å². The third-order valence-corrected chi connectivity index (χ3v) is 2.65. The van der Waals surface area contributed by atoms with Crippen LogP contribution in [0.3, 0.4) is 0 Å². The minimum Gasteiger partial charge on any atom is -0.391 e. The topological polar surface area (TPSA) is 79.2 Å². The molecule has 1 rings (SSSR count). The second-order valence-corrected chi connectivity index (χ2v) is 5.04. The van der Waals surface area contributed by atoms with Crippen molar-refractivity contribution in [1.29, 1.82) is 0 Å². The normalized spacial score (nSPS) is 12.4. The Hall–Kier alpha value is -1.56. The molecule has 0 fully saturated rings. The summed E-state index contributed by atoms with van der Waals surface area (Å²) in [4.78, 5) is 11.4. The Kier molecular flexibility index (Phi) is 6.95. The van der Waals surface area contributed by atoms with Gasteiger partial charge in [-0.15, -0.1) is 0 Å². The standard InChI is InChI=1S/C13H24N4O2/c1-11(2)9-12(18)10-15-13(19)14-5-3-7-17-8-4-6-16-17/h4,6,8,11-12,18H,3,5,7,9-10H2,1-2H3,(H2,14,15,19). The van der Waals surface area contributed by atoms with E-state index in [9.17, 15) is 9.90 Å². The van der Waals surface area contributed by atoms with E-state index in [1.165, 1.54) is 0 Å². The van der Waals surface area contributed by atoms with Crippen molar-refractivity contribution in [3.63, 3.8) is 0 Å². The van der Waals surface area contributed by atoms with Crippen LogP contribution in [-0.4, -0.2) is 40.1 Å². The molecule has 6 heteroatoms. The zero-order valence-electron chi connectivity index (χ0n) is 11.7. The van der Waals surface area contributed by atoms with Crippen LogP contribution in [0.15, 0.2) is 18.5 Å². The maximum absolute atomic E-state index is 11.4. The van der Waals surface area contributed by atoms with Crippen LogP contribution >= 0.6 is 0 Å². The summed E-state index contributed by atoms with van der Waals surface area (Å²) in [6.07, 6.45) is 4.66. The maximum Gasteiger partial charge on any atom is 0.314 e. The van der Waals surface area contributed by atoms with Gasteiger partial charge in [0.15, 0.2) is 0 Å². The van der Waals surface area contributed by atoms with E-state index in [0.717, 1.165) is 13.0 Å². The first-order chi connectivity index (χ1) is 9.08. The Bertz CT molecular complexity index is 352. The van der Waals surface area contributed by atoms with E-state index in [2.05, 4.69) is 15.7 Å². The van der Waals surface area contributed by atoms with Crippen LogP contribution in [0.5, 0.6) is 0 Å². The number of urea groups is 1. The molecule has 3 N–H and O–H groups in total. The monoisotopic (exact) mass is 268 g/mol. The third kappa shape index (κ3) is 7.46. The highest BCUT2D eigenvalue weighted by Crippen LogP contribution is 2.02. The van der Waals surface area contributed by atoms with Gasteiger partial charge in [-0.25, -0.2) is 4.79 Å². The van der Waals surface area contributed by atoms with Crippen molar-refractivity contribution in [3.05, 3.63) is 18.5 Å². The molecule has 0 aromatic carbocycles. The van der Waals surface area contributed by atoms with E-state index < -0.39 is 6.10 Å². The number of carbonyl (C=O) groups excluding carboxylic acids is 1. The van der Waals surface area contributed by atoms with Crippen molar-refractivity contribution < 1.29 is 9.90 Å². The van der Waals surface area contributed by atoms with Gasteiger partial charge in [-0.1, -0.05) is 13.8 Å². The molecular weight excluding hydrogens is 244 g/mol. The fourth-order valence-electron chi connectivity index (χ4n) is 1.78. The first kappa shape index (κ1) is 15.5. The van der Waals surface area contributed by atoms with Crippen LogP contribution in [0.1, 0.15) is 26.7 Å². The van der Waals surface area contributed by atoms with Gasteiger partial charge < -0.3 is 15.7 Å². The fourth-order valence-corrected chi connectivity index (χ4v) is 1.78. The molecule has 0 saturated heterocycles. The summed E-state index contributed by atoms with van der Waals surface area (Å²) in [5.41, 5.74) is 0. The van der Waals surface area contributed by atoms with Crippen LogP contribution in [0.2, 0.25) is 0 Å². The van der Waals surface area contributed by atoms with Crippen molar-refractivity contribution in [1.82, 2.24) is 20.4 Å². The number of aryl methyl sites for hydroxylation is 1. The number of nitrogens with one attached hydrogen (secondary N) is 2. The third-order valence-electron chi connectivity index (χ3n) is 2.65. The average Bonchev–Trinajstić information content (AvgIpc) is 2.84. The average molecular weight is 268 g/mol. The predicted molar refractivity (Wildman–Crippen MR) is 73.7 cm³/mol. The van der Waals surface area contributed by atoms with E-state index in [1.54, 1.807) is 6.20 Å². The molecule has 0 radical (unpaired) electrons. The van der Waals surface area contributed by atoms with Gasteiger partial charge in [0.25, 0.3) is 0 Å². The number of carbonyl (C=O) groups is 1. The first-order valence-corrected chi connectivity index (χ1v) is 6.75. The highest BCUT2D eigenvalue weighted by Gasteiger charge is 2.08. The smallest absolute Gasteiger partial charge is 0.314 e. The summed E-state index contributed by atoms with van der Waals surface area (Å²) >= 11 is 0. The van der Waals surface area contributed by atoms with Crippen LogP contribution in [0.4, 0.5) is 4.79 Å². The summed E-state index contributed by atoms with van der Waals surface area (Å²) in [6.45, 7) is 5.75. The number of nitrogens with zero attached hydrogens (tertiary/aromatic N) is 2. The number of rotatable bonds is 8. The molecule has 1 unspecified atom stereocenters. The molecule has 0 saturated carbocycles. The molecule has 1 atom stereocenters. The molecule has 19 heavy (non-hydrogen) atoms. The SMILES string of the molecule is CC(C)CC(O)CNC(=O)NCCCn1cccn1. The lowest BCUT2D eigenvalue weighted by molar-refractivity contribution is 0.147. The Balaban J connectivity index is 2.01.